The van der Waals surface area contributed by atoms with E-state index >= 15 is 0 Å². The molecule has 350 valence electrons. The molecule has 0 radical (unpaired) electrons. The molecule has 0 aromatic carbocycles. The zero-order valence-corrected chi connectivity index (χ0v) is 38.8. The predicted octanol–water partition coefficient (Wildman–Crippen LogP) is 12.5. The molecule has 4 unspecified atom stereocenters. The van der Waals surface area contributed by atoms with Gasteiger partial charge in [0.15, 0.2) is 12.6 Å². The van der Waals surface area contributed by atoms with Gasteiger partial charge in [-0.2, -0.15) is 0 Å². The lowest BCUT2D eigenvalue weighted by molar-refractivity contribution is -0.198. The molecule has 0 saturated heterocycles. The van der Waals surface area contributed by atoms with Gasteiger partial charge in [0.2, 0.25) is 0 Å². The summed E-state index contributed by atoms with van der Waals surface area (Å²) in [5, 5.41) is 33.0. The van der Waals surface area contributed by atoms with E-state index in [1.165, 1.54) is 154 Å². The molecule has 0 aliphatic rings. The van der Waals surface area contributed by atoms with Crippen molar-refractivity contribution in [3.63, 3.8) is 0 Å². The predicted molar refractivity (Wildman–Crippen MR) is 238 cm³/mol. The largest absolute Gasteiger partial charge is 0.480 e. The van der Waals surface area contributed by atoms with Gasteiger partial charge in [0.05, 0.1) is 13.0 Å². The van der Waals surface area contributed by atoms with Crippen molar-refractivity contribution < 1.29 is 48.7 Å². The van der Waals surface area contributed by atoms with E-state index in [4.69, 9.17) is 18.9 Å². The third-order valence-corrected chi connectivity index (χ3v) is 10.7. The number of nitrogens with one attached hydrogen (secondary N) is 1. The molecule has 0 aromatic rings. The van der Waals surface area contributed by atoms with Gasteiger partial charge in [-0.1, -0.05) is 194 Å². The molecule has 11 nitrogen and oxygen atoms in total. The number of amides is 1. The van der Waals surface area contributed by atoms with Gasteiger partial charge in [-0.3, -0.25) is 4.79 Å². The molecule has 4 atom stereocenters. The van der Waals surface area contributed by atoms with Crippen LogP contribution in [0.4, 0.5) is 4.79 Å². The Labute approximate surface area is 361 Å². The van der Waals surface area contributed by atoms with Gasteiger partial charge in [-0.25, -0.2) is 9.59 Å². The Balaban J connectivity index is 4.58. The number of aliphatic hydroxyl groups excluding tert-OH is 2. The van der Waals surface area contributed by atoms with E-state index in [0.717, 1.165) is 38.5 Å². The highest BCUT2D eigenvalue weighted by Gasteiger charge is 2.28. The molecule has 0 saturated carbocycles. The summed E-state index contributed by atoms with van der Waals surface area (Å²) in [7, 11) is 0. The van der Waals surface area contributed by atoms with Crippen LogP contribution in [0.3, 0.4) is 0 Å². The third-order valence-electron chi connectivity index (χ3n) is 10.7. The minimum atomic E-state index is -1.56. The maximum absolute atomic E-state index is 12.7. The van der Waals surface area contributed by atoms with Gasteiger partial charge in [-0.15, -0.1) is 0 Å². The van der Waals surface area contributed by atoms with Crippen LogP contribution >= 0.6 is 0 Å². The summed E-state index contributed by atoms with van der Waals surface area (Å²) in [6.07, 6.45) is 33.8. The zero-order chi connectivity index (χ0) is 43.8. The first-order valence-corrected chi connectivity index (χ1v) is 24.4. The van der Waals surface area contributed by atoms with Crippen LogP contribution in [-0.4, -0.2) is 76.9 Å². The molecule has 0 rings (SSSR count). The minimum Gasteiger partial charge on any atom is -0.480 e. The highest BCUT2D eigenvalue weighted by Crippen LogP contribution is 2.17. The van der Waals surface area contributed by atoms with E-state index in [0.29, 0.717) is 12.8 Å². The fourth-order valence-corrected chi connectivity index (χ4v) is 7.16. The van der Waals surface area contributed by atoms with Crippen molar-refractivity contribution in [1.82, 2.24) is 5.32 Å². The van der Waals surface area contributed by atoms with E-state index in [2.05, 4.69) is 19.2 Å². The Hall–Kier alpha value is -1.95. The topological polar surface area (TPSA) is 161 Å². The van der Waals surface area contributed by atoms with Gasteiger partial charge in [-0.05, 0) is 46.5 Å². The number of hydrogen-bond donors (Lipinski definition) is 4. The van der Waals surface area contributed by atoms with Crippen molar-refractivity contribution in [2.45, 2.75) is 277 Å². The first-order chi connectivity index (χ1) is 28.4. The highest BCUT2D eigenvalue weighted by atomic mass is 16.7. The number of carbonyl (C=O) groups excluding carboxylic acids is 2. The number of carboxylic acids is 1. The Bertz CT molecular complexity index is 974. The fraction of sp³-hybridized carbons (Fsp3) is 0.938. The summed E-state index contributed by atoms with van der Waals surface area (Å²) in [5.74, 6) is -2.29. The number of unbranched alkanes of at least 4 members (excludes halogenated alkanes) is 28. The van der Waals surface area contributed by atoms with Crippen LogP contribution in [0.5, 0.6) is 0 Å². The van der Waals surface area contributed by atoms with Crippen LogP contribution in [0.25, 0.3) is 0 Å². The summed E-state index contributed by atoms with van der Waals surface area (Å²) in [6, 6.07) is -1.56. The van der Waals surface area contributed by atoms with E-state index in [1.54, 1.807) is 20.8 Å². The molecule has 1 amide bonds. The minimum absolute atomic E-state index is 0.123. The summed E-state index contributed by atoms with van der Waals surface area (Å²) >= 11 is 0. The van der Waals surface area contributed by atoms with E-state index < -0.39 is 54.8 Å². The van der Waals surface area contributed by atoms with Gasteiger partial charge in [0, 0.05) is 0 Å². The summed E-state index contributed by atoms with van der Waals surface area (Å²) < 4.78 is 21.9. The Kier molecular flexibility index (Phi) is 38.8. The smallest absolute Gasteiger partial charge is 0.408 e. The monoisotopic (exact) mass is 844 g/mol. The number of rotatable bonds is 43. The number of carbonyl (C=O) groups is 3. The number of esters is 1. The number of alkyl carbamates (subject to hydrolysis) is 1. The number of carboxylic acid groups (broad SMARTS) is 1. The molecule has 0 aliphatic carbocycles. The van der Waals surface area contributed by atoms with Crippen molar-refractivity contribution in [2.24, 2.45) is 0 Å². The normalized spacial score (nSPS) is 13.8. The van der Waals surface area contributed by atoms with Gasteiger partial charge in [0.25, 0.3) is 0 Å². The molecule has 0 heterocycles. The Morgan fingerprint density at radius 2 is 0.881 bits per heavy atom. The summed E-state index contributed by atoms with van der Waals surface area (Å²) in [5.41, 5.74) is -0.845. The number of aliphatic carboxylic acids is 1. The standard InChI is InChI=1S/C48H93NO10/c1-6-8-10-12-14-16-18-20-22-24-26-28-30-32-34-36-43(50)56-39-41(40-57-45(52)38-42(46(53)54)49-47(55)59-48(3,4)5)58-44(51)37-35-33-31-29-27-25-23-21-19-17-15-13-11-9-7-2/h41-44,50-51H,6-40H2,1-5H3,(H,49,55)(H,53,54). The summed E-state index contributed by atoms with van der Waals surface area (Å²) in [4.78, 5) is 36.5. The molecule has 0 fully saturated rings. The van der Waals surface area contributed by atoms with Crippen molar-refractivity contribution in [1.29, 1.82) is 0 Å². The lowest BCUT2D eigenvalue weighted by Crippen LogP contribution is -2.45. The average Bonchev–Trinajstić information content (AvgIpc) is 3.17. The quantitative estimate of drug-likeness (QED) is 0.0264. The summed E-state index contributed by atoms with van der Waals surface area (Å²) in [6.45, 7) is 9.00. The Morgan fingerprint density at radius 1 is 0.525 bits per heavy atom. The fourth-order valence-electron chi connectivity index (χ4n) is 7.16. The molecule has 59 heavy (non-hydrogen) atoms. The second kappa shape index (κ2) is 40.1. The van der Waals surface area contributed by atoms with Crippen LogP contribution in [-0.2, 0) is 28.5 Å². The molecule has 11 heteroatoms. The maximum atomic E-state index is 12.7. The van der Waals surface area contributed by atoms with E-state index in [9.17, 15) is 29.7 Å². The lowest BCUT2D eigenvalue weighted by atomic mass is 10.0. The molecule has 0 aromatic heterocycles. The van der Waals surface area contributed by atoms with Crippen LogP contribution in [0.1, 0.15) is 247 Å². The molecule has 4 N–H and O–H groups in total. The van der Waals surface area contributed by atoms with Crippen LogP contribution in [0.15, 0.2) is 0 Å². The van der Waals surface area contributed by atoms with Gasteiger partial charge >= 0.3 is 18.0 Å². The molecular formula is C48H93NO10. The second-order valence-electron chi connectivity index (χ2n) is 17.9. The molecule has 0 aliphatic heterocycles. The van der Waals surface area contributed by atoms with Gasteiger partial charge < -0.3 is 39.6 Å². The van der Waals surface area contributed by atoms with Crippen molar-refractivity contribution in [3.8, 4) is 0 Å². The number of hydrogen-bond acceptors (Lipinski definition) is 9. The van der Waals surface area contributed by atoms with Crippen molar-refractivity contribution in [2.75, 3.05) is 13.2 Å². The average molecular weight is 844 g/mol. The highest BCUT2D eigenvalue weighted by molar-refractivity contribution is 5.85. The zero-order valence-electron chi connectivity index (χ0n) is 38.8. The number of aliphatic hydroxyl groups is 2. The lowest BCUT2D eigenvalue weighted by Gasteiger charge is -2.24. The number of ether oxygens (including phenoxy) is 4. The SMILES string of the molecule is CCCCCCCCCCCCCCCCCC(O)OCC(COC(=O)CC(NC(=O)OC(C)(C)C)C(=O)O)OC(O)CCCCCCCCCCCCCCCCC. The van der Waals surface area contributed by atoms with Crippen molar-refractivity contribution in [3.05, 3.63) is 0 Å². The first-order valence-electron chi connectivity index (χ1n) is 24.4. The van der Waals surface area contributed by atoms with Crippen LogP contribution < -0.4 is 5.32 Å². The molecule has 0 spiro atoms. The van der Waals surface area contributed by atoms with Gasteiger partial charge in [0.1, 0.15) is 24.4 Å². The van der Waals surface area contributed by atoms with E-state index in [1.807, 2.05) is 0 Å². The second-order valence-corrected chi connectivity index (χ2v) is 17.9. The third kappa shape index (κ3) is 41.2. The van der Waals surface area contributed by atoms with E-state index in [-0.39, 0.29) is 13.2 Å². The maximum Gasteiger partial charge on any atom is 0.408 e. The van der Waals surface area contributed by atoms with Crippen molar-refractivity contribution >= 4 is 18.0 Å². The van der Waals surface area contributed by atoms with Crippen LogP contribution in [0, 0.1) is 0 Å². The first kappa shape index (κ1) is 57.1. The molecular weight excluding hydrogens is 751 g/mol. The van der Waals surface area contributed by atoms with Crippen LogP contribution in [0.2, 0.25) is 0 Å². The molecule has 0 bridgehead atoms. The Morgan fingerprint density at radius 3 is 1.24 bits per heavy atom.